The van der Waals surface area contributed by atoms with Gasteiger partial charge in [0.05, 0.1) is 6.20 Å². The van der Waals surface area contributed by atoms with Gasteiger partial charge in [-0.05, 0) is 0 Å². The maximum atomic E-state index is 10.5. The van der Waals surface area contributed by atoms with Crippen LogP contribution in [-0.4, -0.2) is 27.7 Å². The van der Waals surface area contributed by atoms with E-state index in [1.807, 2.05) is 0 Å². The summed E-state index contributed by atoms with van der Waals surface area (Å²) in [4.78, 5) is 0. The molecule has 0 amide bonds. The standard InChI is InChI=1S/C3H5N3O4S2/c7-11(8)6(12(9)10)3-1-2-4-5-3/h1-2H,(H,4,5)(H,7,8)(H,9,10). The van der Waals surface area contributed by atoms with Crippen molar-refractivity contribution >= 4 is 28.4 Å². The lowest BCUT2D eigenvalue weighted by atomic mass is 10.7. The fourth-order valence-electron chi connectivity index (χ4n) is 0.573. The molecule has 1 aromatic rings. The molecule has 0 aliphatic rings. The fraction of sp³-hybridized carbons (Fsp3) is 0. The second-order valence-corrected chi connectivity index (χ2v) is 3.54. The Hall–Kier alpha value is -0.770. The molecule has 0 aliphatic heterocycles. The number of H-pyrrole nitrogens is 1. The first kappa shape index (κ1) is 9.32. The summed E-state index contributed by atoms with van der Waals surface area (Å²) in [5.41, 5.74) is 0. The Morgan fingerprint density at radius 1 is 1.42 bits per heavy atom. The van der Waals surface area contributed by atoms with Crippen molar-refractivity contribution in [3.8, 4) is 0 Å². The normalized spacial score (nSPS) is 15.5. The molecular formula is C3H5N3O4S2. The third-order valence-electron chi connectivity index (χ3n) is 0.966. The van der Waals surface area contributed by atoms with Gasteiger partial charge in [0.2, 0.25) is 0 Å². The van der Waals surface area contributed by atoms with Gasteiger partial charge >= 0.3 is 0 Å². The van der Waals surface area contributed by atoms with E-state index in [1.54, 1.807) is 0 Å². The van der Waals surface area contributed by atoms with Crippen molar-refractivity contribution in [1.82, 2.24) is 10.2 Å². The number of hydrogen-bond donors (Lipinski definition) is 3. The van der Waals surface area contributed by atoms with Crippen molar-refractivity contribution in [3.05, 3.63) is 12.3 Å². The zero-order valence-electron chi connectivity index (χ0n) is 5.58. The van der Waals surface area contributed by atoms with Crippen molar-refractivity contribution in [1.29, 1.82) is 0 Å². The number of hydrogen-bond acceptors (Lipinski definition) is 3. The monoisotopic (exact) mass is 211 g/mol. The zero-order valence-corrected chi connectivity index (χ0v) is 7.21. The van der Waals surface area contributed by atoms with Crippen LogP contribution in [-0.2, 0) is 22.5 Å². The largest absolute Gasteiger partial charge is 0.288 e. The molecule has 9 heteroatoms. The van der Waals surface area contributed by atoms with E-state index in [9.17, 15) is 8.42 Å². The molecule has 0 bridgehead atoms. The van der Waals surface area contributed by atoms with Gasteiger partial charge in [0.15, 0.2) is 5.82 Å². The summed E-state index contributed by atoms with van der Waals surface area (Å²) in [6, 6.07) is 1.29. The maximum Gasteiger partial charge on any atom is 0.277 e. The van der Waals surface area contributed by atoms with Crippen LogP contribution >= 0.6 is 0 Å². The van der Waals surface area contributed by atoms with Gasteiger partial charge in [-0.2, -0.15) is 5.10 Å². The Morgan fingerprint density at radius 2 is 2.00 bits per heavy atom. The molecule has 1 heterocycles. The van der Waals surface area contributed by atoms with Gasteiger partial charge in [-0.1, -0.05) is 0 Å². The molecule has 7 nitrogen and oxygen atoms in total. The Balaban J connectivity index is 2.96. The lowest BCUT2D eigenvalue weighted by molar-refractivity contribution is 0.549. The first-order chi connectivity index (χ1) is 5.63. The van der Waals surface area contributed by atoms with Gasteiger partial charge in [0.25, 0.3) is 22.5 Å². The van der Waals surface area contributed by atoms with Gasteiger partial charge in [-0.15, -0.1) is 3.71 Å². The van der Waals surface area contributed by atoms with Crippen LogP contribution in [0.1, 0.15) is 0 Å². The average molecular weight is 211 g/mol. The molecule has 0 aliphatic carbocycles. The first-order valence-electron chi connectivity index (χ1n) is 2.64. The van der Waals surface area contributed by atoms with Crippen molar-refractivity contribution in [2.75, 3.05) is 3.71 Å². The summed E-state index contributed by atoms with van der Waals surface area (Å²) in [5, 5.41) is 5.72. The molecule has 1 aromatic heterocycles. The molecule has 0 saturated heterocycles. The molecule has 0 radical (unpaired) electrons. The smallest absolute Gasteiger partial charge is 0.277 e. The molecule has 0 spiro atoms. The quantitative estimate of drug-likeness (QED) is 0.584. The zero-order chi connectivity index (χ0) is 9.14. The van der Waals surface area contributed by atoms with Crippen molar-refractivity contribution in [2.24, 2.45) is 0 Å². The number of nitrogens with one attached hydrogen (secondary N) is 1. The van der Waals surface area contributed by atoms with Crippen LogP contribution in [0.2, 0.25) is 0 Å². The number of rotatable bonds is 3. The predicted molar refractivity (Wildman–Crippen MR) is 42.6 cm³/mol. The molecular weight excluding hydrogens is 206 g/mol. The molecule has 2 unspecified atom stereocenters. The van der Waals surface area contributed by atoms with E-state index in [1.165, 1.54) is 12.3 Å². The summed E-state index contributed by atoms with van der Waals surface area (Å²) < 4.78 is 38.4. The van der Waals surface area contributed by atoms with Gasteiger partial charge in [0.1, 0.15) is 0 Å². The van der Waals surface area contributed by atoms with E-state index < -0.39 is 22.5 Å². The fourth-order valence-corrected chi connectivity index (χ4v) is 1.55. The van der Waals surface area contributed by atoms with Gasteiger partial charge in [-0.25, -0.2) is 8.42 Å². The Morgan fingerprint density at radius 3 is 2.33 bits per heavy atom. The van der Waals surface area contributed by atoms with Crippen LogP contribution in [0.25, 0.3) is 0 Å². The summed E-state index contributed by atoms with van der Waals surface area (Å²) in [6.07, 6.45) is 1.29. The van der Waals surface area contributed by atoms with E-state index in [-0.39, 0.29) is 5.82 Å². The molecule has 68 valence electrons. The second-order valence-electron chi connectivity index (χ2n) is 1.66. The van der Waals surface area contributed by atoms with E-state index in [0.717, 1.165) is 0 Å². The molecule has 3 N–H and O–H groups in total. The van der Waals surface area contributed by atoms with E-state index in [2.05, 4.69) is 10.2 Å². The van der Waals surface area contributed by atoms with E-state index in [0.29, 0.717) is 3.71 Å². The molecule has 1 rings (SSSR count). The number of aromatic nitrogens is 2. The lowest BCUT2D eigenvalue weighted by Gasteiger charge is -2.10. The summed E-state index contributed by atoms with van der Waals surface area (Å²) >= 11 is -5.10. The molecule has 0 aromatic carbocycles. The van der Waals surface area contributed by atoms with E-state index in [4.69, 9.17) is 9.11 Å². The van der Waals surface area contributed by atoms with Crippen molar-refractivity contribution < 1.29 is 17.5 Å². The van der Waals surface area contributed by atoms with Crippen LogP contribution in [0.4, 0.5) is 5.82 Å². The highest BCUT2D eigenvalue weighted by Gasteiger charge is 2.19. The molecule has 0 saturated carbocycles. The topological polar surface area (TPSA) is 107 Å². The third-order valence-corrected chi connectivity index (χ3v) is 2.69. The maximum absolute atomic E-state index is 10.5. The summed E-state index contributed by atoms with van der Waals surface area (Å²) in [5.74, 6) is -0.00309. The van der Waals surface area contributed by atoms with Crippen molar-refractivity contribution in [3.63, 3.8) is 0 Å². The minimum Gasteiger partial charge on any atom is -0.288 e. The predicted octanol–water partition coefficient (Wildman–Crippen LogP) is -0.510. The van der Waals surface area contributed by atoms with Crippen molar-refractivity contribution in [2.45, 2.75) is 0 Å². The van der Waals surface area contributed by atoms with Gasteiger partial charge < -0.3 is 0 Å². The minimum atomic E-state index is -2.55. The SMILES string of the molecule is O=S(O)N(c1ccn[nH]1)S(=O)O. The lowest BCUT2D eigenvalue weighted by Crippen LogP contribution is -2.27. The Kier molecular flexibility index (Phi) is 2.92. The van der Waals surface area contributed by atoms with Crippen LogP contribution in [0.15, 0.2) is 12.3 Å². The highest BCUT2D eigenvalue weighted by atomic mass is 32.3. The number of aromatic amines is 1. The average Bonchev–Trinajstić information content (AvgIpc) is 2.37. The summed E-state index contributed by atoms with van der Waals surface area (Å²) in [6.45, 7) is 0. The van der Waals surface area contributed by atoms with E-state index >= 15 is 0 Å². The van der Waals surface area contributed by atoms with Crippen LogP contribution in [0, 0.1) is 0 Å². The highest BCUT2D eigenvalue weighted by molar-refractivity contribution is 7.99. The molecule has 12 heavy (non-hydrogen) atoms. The highest BCUT2D eigenvalue weighted by Crippen LogP contribution is 2.11. The van der Waals surface area contributed by atoms with Crippen LogP contribution in [0.5, 0.6) is 0 Å². The number of nitrogens with zero attached hydrogens (tertiary/aromatic N) is 2. The van der Waals surface area contributed by atoms with Gasteiger partial charge in [0, 0.05) is 6.07 Å². The Bertz CT molecular complexity index is 285. The van der Waals surface area contributed by atoms with Crippen LogP contribution < -0.4 is 3.71 Å². The minimum absolute atomic E-state index is 0.00309. The Labute approximate surface area is 72.6 Å². The number of anilines is 1. The molecule has 2 atom stereocenters. The first-order valence-corrected chi connectivity index (χ1v) is 4.77. The third kappa shape index (κ3) is 1.88. The summed E-state index contributed by atoms with van der Waals surface area (Å²) in [7, 11) is 0. The second kappa shape index (κ2) is 3.76. The van der Waals surface area contributed by atoms with Crippen LogP contribution in [0.3, 0.4) is 0 Å². The molecule has 0 fully saturated rings. The van der Waals surface area contributed by atoms with Gasteiger partial charge in [-0.3, -0.25) is 14.2 Å².